The summed E-state index contributed by atoms with van der Waals surface area (Å²) < 4.78 is 28.1. The number of H-pyrrole nitrogens is 1. The molecule has 1 saturated carbocycles. The molecule has 4 rings (SSSR count). The molecule has 0 bridgehead atoms. The Morgan fingerprint density at radius 1 is 1.17 bits per heavy atom. The first-order valence-corrected chi connectivity index (χ1v) is 12.3. The molecule has 159 valence electrons. The van der Waals surface area contributed by atoms with Gasteiger partial charge in [-0.25, -0.2) is 0 Å². The van der Waals surface area contributed by atoms with Gasteiger partial charge in [-0.2, -0.15) is 0 Å². The molecule has 0 amide bonds. The van der Waals surface area contributed by atoms with E-state index in [1.54, 1.807) is 6.07 Å². The first kappa shape index (κ1) is 21.2. The Kier molecular flexibility index (Phi) is 6.34. The number of rotatable bonds is 6. The van der Waals surface area contributed by atoms with E-state index in [4.69, 9.17) is 15.7 Å². The minimum atomic E-state index is -0.860. The first-order chi connectivity index (χ1) is 14.4. The summed E-state index contributed by atoms with van der Waals surface area (Å²) >= 11 is -0.281. The Bertz CT molecular complexity index is 1040. The van der Waals surface area contributed by atoms with Crippen LogP contribution in [0, 0.1) is 11.6 Å². The standard InChI is InChI=1S/C21H26AsF2N6/c1-11(2)17-18-19(30-29-17)20(26-10-12-7-8-14(23)15(24)9-12)28-21(27-18)22-13-5-3-4-6-16(13)25/h7-9,11,13,16H,3-6,10,25H2,1-2H3,(H,29,30)(H,26,27,28). The summed E-state index contributed by atoms with van der Waals surface area (Å²) in [6.45, 7) is 4.49. The van der Waals surface area contributed by atoms with Crippen LogP contribution >= 0.6 is 0 Å². The van der Waals surface area contributed by atoms with Gasteiger partial charge in [0.05, 0.1) is 0 Å². The van der Waals surface area contributed by atoms with Crippen molar-refractivity contribution in [1.82, 2.24) is 20.2 Å². The van der Waals surface area contributed by atoms with Gasteiger partial charge in [0, 0.05) is 0 Å². The third kappa shape index (κ3) is 4.49. The quantitative estimate of drug-likeness (QED) is 0.476. The van der Waals surface area contributed by atoms with Gasteiger partial charge in [0.25, 0.3) is 0 Å². The molecular formula is C21H26AsF2N6. The molecule has 1 aromatic carbocycles. The van der Waals surface area contributed by atoms with Crippen LogP contribution in [-0.2, 0) is 6.54 Å². The number of hydrogen-bond acceptors (Lipinski definition) is 5. The zero-order chi connectivity index (χ0) is 21.3. The van der Waals surface area contributed by atoms with Crippen LogP contribution in [0.4, 0.5) is 14.6 Å². The van der Waals surface area contributed by atoms with Gasteiger partial charge in [-0.1, -0.05) is 0 Å². The summed E-state index contributed by atoms with van der Waals surface area (Å²) in [6.07, 6.45) is 4.59. The van der Waals surface area contributed by atoms with Crippen LogP contribution in [0.25, 0.3) is 11.0 Å². The molecule has 9 heteroatoms. The minimum absolute atomic E-state index is 0.213. The van der Waals surface area contributed by atoms with E-state index in [9.17, 15) is 8.78 Å². The fourth-order valence-corrected chi connectivity index (χ4v) is 6.43. The number of nitrogens with one attached hydrogen (secondary N) is 2. The molecule has 1 aliphatic rings. The second kappa shape index (κ2) is 8.98. The van der Waals surface area contributed by atoms with Crippen LogP contribution in [0.1, 0.15) is 56.7 Å². The second-order valence-electron chi connectivity index (χ2n) is 8.11. The molecule has 2 aromatic heterocycles. The Balaban J connectivity index is 1.65. The number of nitrogens with two attached hydrogens (primary N) is 1. The van der Waals surface area contributed by atoms with Crippen LogP contribution in [0.5, 0.6) is 0 Å². The number of hydrogen-bond donors (Lipinski definition) is 3. The topological polar surface area (TPSA) is 92.5 Å². The van der Waals surface area contributed by atoms with E-state index in [0.717, 1.165) is 34.7 Å². The first-order valence-electron chi connectivity index (χ1n) is 10.3. The monoisotopic (exact) mass is 475 g/mol. The van der Waals surface area contributed by atoms with Crippen molar-refractivity contribution in [3.8, 4) is 0 Å². The van der Waals surface area contributed by atoms with Gasteiger partial charge in [-0.3, -0.25) is 0 Å². The summed E-state index contributed by atoms with van der Waals surface area (Å²) in [7, 11) is 0. The predicted octanol–water partition coefficient (Wildman–Crippen LogP) is 3.39. The third-order valence-corrected chi connectivity index (χ3v) is 8.44. The van der Waals surface area contributed by atoms with E-state index in [1.165, 1.54) is 18.9 Å². The summed E-state index contributed by atoms with van der Waals surface area (Å²) in [6, 6.07) is 4.10. The fourth-order valence-electron chi connectivity index (χ4n) is 3.77. The van der Waals surface area contributed by atoms with Gasteiger partial charge in [-0.05, 0) is 0 Å². The van der Waals surface area contributed by atoms with E-state index in [2.05, 4.69) is 29.4 Å². The van der Waals surface area contributed by atoms with Gasteiger partial charge < -0.3 is 0 Å². The molecule has 1 fully saturated rings. The summed E-state index contributed by atoms with van der Waals surface area (Å²) in [4.78, 5) is 9.63. The van der Waals surface area contributed by atoms with E-state index in [-0.39, 0.29) is 27.7 Å². The molecule has 0 aliphatic heterocycles. The number of halogens is 2. The van der Waals surface area contributed by atoms with Crippen molar-refractivity contribution >= 4 is 37.2 Å². The van der Waals surface area contributed by atoms with Gasteiger partial charge in [-0.15, -0.1) is 0 Å². The number of benzene rings is 1. The number of nitrogens with zero attached hydrogens (tertiary/aromatic N) is 3. The number of anilines is 1. The van der Waals surface area contributed by atoms with Gasteiger partial charge in [0.1, 0.15) is 0 Å². The van der Waals surface area contributed by atoms with E-state index < -0.39 is 11.6 Å². The van der Waals surface area contributed by atoms with Gasteiger partial charge >= 0.3 is 181 Å². The van der Waals surface area contributed by atoms with Crippen molar-refractivity contribution < 1.29 is 8.78 Å². The van der Waals surface area contributed by atoms with Crippen LogP contribution < -0.4 is 15.7 Å². The Morgan fingerprint density at radius 2 is 1.97 bits per heavy atom. The maximum absolute atomic E-state index is 13.6. The third-order valence-electron chi connectivity index (χ3n) is 5.50. The Hall–Kier alpha value is -2.05. The number of aromatic amines is 1. The molecule has 3 aromatic rings. The maximum atomic E-state index is 13.6. The van der Waals surface area contributed by atoms with Crippen molar-refractivity contribution in [3.05, 3.63) is 41.1 Å². The summed E-state index contributed by atoms with van der Waals surface area (Å²) in [5.41, 5.74) is 9.45. The molecule has 4 N–H and O–H groups in total. The van der Waals surface area contributed by atoms with Crippen LogP contribution in [0.15, 0.2) is 18.2 Å². The molecule has 1 aliphatic carbocycles. The van der Waals surface area contributed by atoms with Crippen molar-refractivity contribution in [1.29, 1.82) is 0 Å². The zero-order valence-corrected chi connectivity index (χ0v) is 19.0. The number of aromatic nitrogens is 4. The van der Waals surface area contributed by atoms with E-state index in [1.807, 2.05) is 0 Å². The van der Waals surface area contributed by atoms with Crippen LogP contribution in [0.2, 0.25) is 4.71 Å². The van der Waals surface area contributed by atoms with Crippen LogP contribution in [0.3, 0.4) is 0 Å². The van der Waals surface area contributed by atoms with Crippen molar-refractivity contribution in [2.75, 3.05) is 5.32 Å². The normalized spacial score (nSPS) is 19.9. The molecule has 2 atom stereocenters. The molecule has 30 heavy (non-hydrogen) atoms. The van der Waals surface area contributed by atoms with E-state index >= 15 is 0 Å². The fraction of sp³-hybridized carbons (Fsp3) is 0.476. The van der Waals surface area contributed by atoms with Crippen molar-refractivity contribution in [3.63, 3.8) is 0 Å². The number of fused-ring (bicyclic) bond motifs is 1. The van der Waals surface area contributed by atoms with Crippen molar-refractivity contribution in [2.24, 2.45) is 5.73 Å². The summed E-state index contributed by atoms with van der Waals surface area (Å²) in [5.74, 6) is -0.860. The SMILES string of the molecule is CC(C)c1[nH]nc2c(NCc3ccc(F)c(F)c3)nc([As]C3CCCCC3N)nc12. The average Bonchev–Trinajstić information content (AvgIpc) is 3.15. The molecule has 0 saturated heterocycles. The van der Waals surface area contributed by atoms with Gasteiger partial charge in [0.15, 0.2) is 0 Å². The second-order valence-corrected chi connectivity index (χ2v) is 10.9. The molecule has 6 nitrogen and oxygen atoms in total. The molecule has 0 spiro atoms. The molecule has 2 heterocycles. The predicted molar refractivity (Wildman–Crippen MR) is 115 cm³/mol. The Morgan fingerprint density at radius 3 is 2.70 bits per heavy atom. The van der Waals surface area contributed by atoms with Gasteiger partial charge in [0.2, 0.25) is 0 Å². The summed E-state index contributed by atoms with van der Waals surface area (Å²) in [5, 5.41) is 10.8. The average molecular weight is 475 g/mol. The zero-order valence-electron chi connectivity index (χ0n) is 17.1. The van der Waals surface area contributed by atoms with Crippen LogP contribution in [-0.4, -0.2) is 42.0 Å². The Labute approximate surface area is 181 Å². The molecular weight excluding hydrogens is 449 g/mol. The molecule has 2 unspecified atom stereocenters. The van der Waals surface area contributed by atoms with E-state index in [0.29, 0.717) is 28.1 Å². The molecule has 1 radical (unpaired) electrons. The van der Waals surface area contributed by atoms with Crippen molar-refractivity contribution in [2.45, 2.75) is 62.7 Å².